The first-order chi connectivity index (χ1) is 20.8. The Labute approximate surface area is 248 Å². The third kappa shape index (κ3) is 9.74. The second-order valence-corrected chi connectivity index (χ2v) is 9.95. The number of amides is 2. The van der Waals surface area contributed by atoms with Crippen LogP contribution in [0.4, 0.5) is 23.7 Å². The van der Waals surface area contributed by atoms with Crippen LogP contribution in [0.3, 0.4) is 0 Å². The molecule has 0 aliphatic carbocycles. The molecule has 0 radical (unpaired) electrons. The van der Waals surface area contributed by atoms with Gasteiger partial charge in [-0.3, -0.25) is 10.1 Å². The number of hydrogen-bond acceptors (Lipinski definition) is 5. The SMILES string of the molecule is C=C(Cc1cc(F)ccc1NC(=O)CC(c1ccccc1)c1ccccc1)[C@@H]1CNC(C#COC(=O)NCC(F)F)CO1. The Morgan fingerprint density at radius 3 is 2.33 bits per heavy atom. The fourth-order valence-corrected chi connectivity index (χ4v) is 4.65. The molecule has 2 atom stereocenters. The van der Waals surface area contributed by atoms with Gasteiger partial charge in [0.15, 0.2) is 0 Å². The monoisotopic (exact) mass is 591 g/mol. The number of hydrogen-bond donors (Lipinski definition) is 3. The molecule has 43 heavy (non-hydrogen) atoms. The highest BCUT2D eigenvalue weighted by molar-refractivity contribution is 5.92. The van der Waals surface area contributed by atoms with Crippen molar-refractivity contribution in [3.63, 3.8) is 0 Å². The van der Waals surface area contributed by atoms with Crippen LogP contribution in [0.1, 0.15) is 29.0 Å². The van der Waals surface area contributed by atoms with Crippen molar-refractivity contribution in [2.24, 2.45) is 0 Å². The molecule has 0 bridgehead atoms. The smallest absolute Gasteiger partial charge is 0.370 e. The first-order valence-corrected chi connectivity index (χ1v) is 13.7. The first kappa shape index (κ1) is 31.3. The van der Waals surface area contributed by atoms with Gasteiger partial charge in [0.05, 0.1) is 25.3 Å². The Balaban J connectivity index is 1.34. The molecule has 10 heteroatoms. The largest absolute Gasteiger partial charge is 0.421 e. The third-order valence-corrected chi connectivity index (χ3v) is 6.80. The van der Waals surface area contributed by atoms with Gasteiger partial charge in [0.25, 0.3) is 6.43 Å². The van der Waals surface area contributed by atoms with E-state index in [1.54, 1.807) is 6.07 Å². The lowest BCUT2D eigenvalue weighted by atomic mass is 9.88. The van der Waals surface area contributed by atoms with Crippen molar-refractivity contribution < 1.29 is 32.2 Å². The number of benzene rings is 3. The number of alkyl carbamates (subject to hydrolysis) is 1. The Kier molecular flexibility index (Phi) is 11.4. The van der Waals surface area contributed by atoms with E-state index in [1.165, 1.54) is 12.1 Å². The van der Waals surface area contributed by atoms with Crippen molar-refractivity contribution >= 4 is 17.7 Å². The lowest BCUT2D eigenvalue weighted by Gasteiger charge is -2.29. The average molecular weight is 592 g/mol. The zero-order chi connectivity index (χ0) is 30.6. The fraction of sp³-hybridized carbons (Fsp3) is 0.273. The maximum absolute atomic E-state index is 14.3. The van der Waals surface area contributed by atoms with Gasteiger partial charge in [-0.1, -0.05) is 67.2 Å². The van der Waals surface area contributed by atoms with Gasteiger partial charge in [-0.2, -0.15) is 0 Å². The number of ether oxygens (including phenoxy) is 2. The van der Waals surface area contributed by atoms with Crippen LogP contribution in [0.5, 0.6) is 0 Å². The molecular weight excluding hydrogens is 559 g/mol. The van der Waals surface area contributed by atoms with Gasteiger partial charge in [-0.15, -0.1) is 0 Å². The van der Waals surface area contributed by atoms with Gasteiger partial charge < -0.3 is 20.1 Å². The summed E-state index contributed by atoms with van der Waals surface area (Å²) < 4.78 is 48.9. The molecule has 1 heterocycles. The molecule has 1 saturated heterocycles. The molecule has 1 aliphatic heterocycles. The van der Waals surface area contributed by atoms with Crippen molar-refractivity contribution in [1.82, 2.24) is 10.6 Å². The Morgan fingerprint density at radius 1 is 1.05 bits per heavy atom. The Hall–Kier alpha value is -4.59. The maximum Gasteiger partial charge on any atom is 0.421 e. The molecule has 0 aromatic heterocycles. The normalized spacial score (nSPS) is 16.2. The van der Waals surface area contributed by atoms with Gasteiger partial charge >= 0.3 is 6.09 Å². The molecule has 0 saturated carbocycles. The summed E-state index contributed by atoms with van der Waals surface area (Å²) in [5.74, 6) is 1.84. The fourth-order valence-electron chi connectivity index (χ4n) is 4.65. The summed E-state index contributed by atoms with van der Waals surface area (Å²) in [4.78, 5) is 24.6. The molecule has 1 fully saturated rings. The van der Waals surface area contributed by atoms with E-state index in [4.69, 9.17) is 4.74 Å². The van der Waals surface area contributed by atoms with Crippen LogP contribution >= 0.6 is 0 Å². The minimum Gasteiger partial charge on any atom is -0.370 e. The van der Waals surface area contributed by atoms with Crippen LogP contribution in [0, 0.1) is 17.8 Å². The number of anilines is 1. The van der Waals surface area contributed by atoms with E-state index in [0.29, 0.717) is 23.4 Å². The number of morpholine rings is 1. The predicted molar refractivity (Wildman–Crippen MR) is 157 cm³/mol. The lowest BCUT2D eigenvalue weighted by Crippen LogP contribution is -2.46. The van der Waals surface area contributed by atoms with Gasteiger partial charge in [-0.05, 0) is 52.8 Å². The maximum atomic E-state index is 14.3. The van der Waals surface area contributed by atoms with Gasteiger partial charge in [-0.25, -0.2) is 18.0 Å². The van der Waals surface area contributed by atoms with Gasteiger partial charge in [0.2, 0.25) is 5.91 Å². The van der Waals surface area contributed by atoms with Crippen molar-refractivity contribution in [3.8, 4) is 12.0 Å². The van der Waals surface area contributed by atoms with Crippen molar-refractivity contribution in [1.29, 1.82) is 0 Å². The molecule has 0 spiro atoms. The first-order valence-electron chi connectivity index (χ1n) is 13.7. The Bertz CT molecular complexity index is 1410. The summed E-state index contributed by atoms with van der Waals surface area (Å²) in [6.07, 6.45) is -1.55. The zero-order valence-electron chi connectivity index (χ0n) is 23.3. The zero-order valence-corrected chi connectivity index (χ0v) is 23.3. The minimum atomic E-state index is -2.69. The van der Waals surface area contributed by atoms with Crippen molar-refractivity contribution in [2.45, 2.75) is 37.3 Å². The second-order valence-electron chi connectivity index (χ2n) is 9.95. The third-order valence-electron chi connectivity index (χ3n) is 6.80. The van der Waals surface area contributed by atoms with E-state index in [-0.39, 0.29) is 31.3 Å². The number of halogens is 3. The van der Waals surface area contributed by atoms with E-state index in [1.807, 2.05) is 66.0 Å². The van der Waals surface area contributed by atoms with Crippen LogP contribution in [0.25, 0.3) is 0 Å². The molecule has 3 N–H and O–H groups in total. The van der Waals surface area contributed by atoms with E-state index in [0.717, 1.165) is 11.1 Å². The summed E-state index contributed by atoms with van der Waals surface area (Å²) in [6.45, 7) is 3.78. The van der Waals surface area contributed by atoms with E-state index < -0.39 is 37.0 Å². The average Bonchev–Trinajstić information content (AvgIpc) is 3.01. The van der Waals surface area contributed by atoms with Crippen molar-refractivity contribution in [3.05, 3.63) is 114 Å². The second kappa shape index (κ2) is 15.6. The van der Waals surface area contributed by atoms with Crippen LogP contribution in [-0.4, -0.2) is 50.3 Å². The Morgan fingerprint density at radius 2 is 1.72 bits per heavy atom. The molecule has 4 rings (SSSR count). The van der Waals surface area contributed by atoms with Crippen LogP contribution in [0.15, 0.2) is 91.0 Å². The topological polar surface area (TPSA) is 88.7 Å². The molecule has 2 amide bonds. The lowest BCUT2D eigenvalue weighted by molar-refractivity contribution is -0.116. The highest BCUT2D eigenvalue weighted by Gasteiger charge is 2.24. The minimum absolute atomic E-state index is 0.145. The number of alkyl halides is 2. The van der Waals surface area contributed by atoms with E-state index in [2.05, 4.69) is 34.0 Å². The van der Waals surface area contributed by atoms with Crippen molar-refractivity contribution in [2.75, 3.05) is 25.0 Å². The summed E-state index contributed by atoms with van der Waals surface area (Å²) in [7, 11) is 0. The highest BCUT2D eigenvalue weighted by Crippen LogP contribution is 2.29. The standard InChI is InChI=1S/C33H32F3N3O4/c1-22(30-19-37-27(21-43-30)14-15-42-33(41)38-20-31(35)36)16-25-17-26(34)12-13-29(25)39-32(40)18-28(23-8-4-2-5-9-23)24-10-6-3-7-11-24/h2-13,17,27-28,30-31,37H,1,16,18-21H2,(H,38,41)(H,39,40)/t27?,30-/m0/s1. The van der Waals surface area contributed by atoms with Crippen LogP contribution < -0.4 is 16.0 Å². The van der Waals surface area contributed by atoms with E-state index >= 15 is 0 Å². The predicted octanol–water partition coefficient (Wildman–Crippen LogP) is 5.39. The molecule has 3 aromatic carbocycles. The summed E-state index contributed by atoms with van der Waals surface area (Å²) in [5.41, 5.74) is 3.74. The number of carbonyl (C=O) groups excluding carboxylic acids is 2. The van der Waals surface area contributed by atoms with Crippen LogP contribution in [0.2, 0.25) is 0 Å². The molecule has 224 valence electrons. The van der Waals surface area contributed by atoms with E-state index in [9.17, 15) is 22.8 Å². The van der Waals surface area contributed by atoms with Crippen LogP contribution in [-0.2, 0) is 20.7 Å². The molecule has 3 aromatic rings. The molecule has 1 aliphatic rings. The number of nitrogens with one attached hydrogen (secondary N) is 3. The quantitative estimate of drug-likeness (QED) is 0.217. The summed E-state index contributed by atoms with van der Waals surface area (Å²) in [6, 6.07) is 23.3. The highest BCUT2D eigenvalue weighted by atomic mass is 19.3. The number of rotatable bonds is 10. The molecule has 7 nitrogen and oxygen atoms in total. The number of carbonyl (C=O) groups is 2. The molecular formula is C33H32F3N3O4. The molecule has 1 unspecified atom stereocenters. The van der Waals surface area contributed by atoms with Gasteiger partial charge in [0.1, 0.15) is 11.9 Å². The summed E-state index contributed by atoms with van der Waals surface area (Å²) >= 11 is 0. The van der Waals surface area contributed by atoms with Gasteiger partial charge in [0, 0.05) is 24.6 Å². The summed E-state index contributed by atoms with van der Waals surface area (Å²) in [5, 5.41) is 7.98.